The van der Waals surface area contributed by atoms with Crippen molar-refractivity contribution in [3.8, 4) is 0 Å². The molecule has 1 saturated heterocycles. The van der Waals surface area contributed by atoms with Gasteiger partial charge in [0.25, 0.3) is 0 Å². The van der Waals surface area contributed by atoms with E-state index in [2.05, 4.69) is 20.3 Å². The van der Waals surface area contributed by atoms with Gasteiger partial charge in [-0.2, -0.15) is 0 Å². The number of nitrogens with one attached hydrogen (secondary N) is 1. The first-order valence-electron chi connectivity index (χ1n) is 6.94. The zero-order chi connectivity index (χ0) is 12.4. The SMILES string of the molecule is NNc1cc(N2CCCC2C2CCCC2)ncn1. The van der Waals surface area contributed by atoms with Crippen LogP contribution in [-0.2, 0) is 0 Å². The van der Waals surface area contributed by atoms with E-state index < -0.39 is 0 Å². The standard InChI is InChI=1S/C13H21N5/c14-17-12-8-13(16-9-15-12)18-7-3-6-11(18)10-4-1-2-5-10/h8-11H,1-7,14H2,(H,15,16,17). The van der Waals surface area contributed by atoms with Crippen LogP contribution in [0.4, 0.5) is 11.6 Å². The van der Waals surface area contributed by atoms with Gasteiger partial charge in [0, 0.05) is 18.7 Å². The average molecular weight is 247 g/mol. The van der Waals surface area contributed by atoms with Crippen LogP contribution in [0.15, 0.2) is 12.4 Å². The lowest BCUT2D eigenvalue weighted by molar-refractivity contribution is 0.429. The van der Waals surface area contributed by atoms with E-state index in [1.165, 1.54) is 38.5 Å². The smallest absolute Gasteiger partial charge is 0.145 e. The van der Waals surface area contributed by atoms with Crippen LogP contribution in [0.5, 0.6) is 0 Å². The highest BCUT2D eigenvalue weighted by atomic mass is 15.3. The number of nitrogen functional groups attached to an aromatic ring is 1. The molecule has 98 valence electrons. The second-order valence-corrected chi connectivity index (χ2v) is 5.35. The highest BCUT2D eigenvalue weighted by Crippen LogP contribution is 2.37. The highest BCUT2D eigenvalue weighted by molar-refractivity contribution is 5.49. The molecule has 5 heteroatoms. The first-order chi connectivity index (χ1) is 8.88. The molecule has 1 saturated carbocycles. The molecule has 1 aromatic rings. The molecule has 1 aromatic heterocycles. The van der Waals surface area contributed by atoms with Crippen LogP contribution < -0.4 is 16.2 Å². The van der Waals surface area contributed by atoms with Crippen molar-refractivity contribution in [2.24, 2.45) is 11.8 Å². The molecule has 18 heavy (non-hydrogen) atoms. The zero-order valence-electron chi connectivity index (χ0n) is 10.7. The molecule has 3 N–H and O–H groups in total. The van der Waals surface area contributed by atoms with E-state index in [9.17, 15) is 0 Å². The van der Waals surface area contributed by atoms with E-state index in [0.717, 1.165) is 18.3 Å². The molecular formula is C13H21N5. The third-order valence-electron chi connectivity index (χ3n) is 4.34. The monoisotopic (exact) mass is 247 g/mol. The second kappa shape index (κ2) is 5.10. The Balaban J connectivity index is 1.80. The van der Waals surface area contributed by atoms with Gasteiger partial charge in [-0.25, -0.2) is 15.8 Å². The average Bonchev–Trinajstić information content (AvgIpc) is 3.09. The summed E-state index contributed by atoms with van der Waals surface area (Å²) in [6.07, 6.45) is 9.73. The first-order valence-corrected chi connectivity index (χ1v) is 6.94. The van der Waals surface area contributed by atoms with E-state index in [0.29, 0.717) is 11.9 Å². The van der Waals surface area contributed by atoms with Crippen molar-refractivity contribution in [3.63, 3.8) is 0 Å². The van der Waals surface area contributed by atoms with Crippen LogP contribution in [0.25, 0.3) is 0 Å². The Hall–Kier alpha value is -1.36. The van der Waals surface area contributed by atoms with E-state index in [1.54, 1.807) is 6.33 Å². The summed E-state index contributed by atoms with van der Waals surface area (Å²) in [7, 11) is 0. The third kappa shape index (κ3) is 2.14. The molecule has 2 aliphatic rings. The summed E-state index contributed by atoms with van der Waals surface area (Å²) in [6.45, 7) is 1.11. The van der Waals surface area contributed by atoms with Gasteiger partial charge in [-0.05, 0) is 31.6 Å². The molecule has 0 amide bonds. The number of aromatic nitrogens is 2. The normalized spacial score (nSPS) is 24.7. The quantitative estimate of drug-likeness (QED) is 0.631. The Morgan fingerprint density at radius 2 is 2.00 bits per heavy atom. The Kier molecular flexibility index (Phi) is 3.32. The molecule has 1 aliphatic carbocycles. The van der Waals surface area contributed by atoms with Crippen molar-refractivity contribution in [1.29, 1.82) is 0 Å². The number of rotatable bonds is 3. The number of hydrogen-bond acceptors (Lipinski definition) is 5. The fourth-order valence-corrected chi connectivity index (χ4v) is 3.49. The maximum atomic E-state index is 5.42. The highest BCUT2D eigenvalue weighted by Gasteiger charge is 2.33. The lowest BCUT2D eigenvalue weighted by Crippen LogP contribution is -2.35. The van der Waals surface area contributed by atoms with Gasteiger partial charge >= 0.3 is 0 Å². The van der Waals surface area contributed by atoms with Crippen molar-refractivity contribution >= 4 is 11.6 Å². The second-order valence-electron chi connectivity index (χ2n) is 5.35. The molecule has 1 unspecified atom stereocenters. The van der Waals surface area contributed by atoms with E-state index in [1.807, 2.05) is 6.07 Å². The fourth-order valence-electron chi connectivity index (χ4n) is 3.49. The molecule has 5 nitrogen and oxygen atoms in total. The van der Waals surface area contributed by atoms with Gasteiger partial charge in [-0.15, -0.1) is 0 Å². The summed E-state index contributed by atoms with van der Waals surface area (Å²) in [4.78, 5) is 10.9. The summed E-state index contributed by atoms with van der Waals surface area (Å²) in [6, 6.07) is 2.63. The molecule has 2 fully saturated rings. The maximum Gasteiger partial charge on any atom is 0.145 e. The van der Waals surface area contributed by atoms with E-state index in [4.69, 9.17) is 5.84 Å². The number of anilines is 2. The largest absolute Gasteiger partial charge is 0.353 e. The minimum absolute atomic E-state index is 0.674. The first kappa shape index (κ1) is 11.7. The van der Waals surface area contributed by atoms with Gasteiger partial charge < -0.3 is 10.3 Å². The minimum Gasteiger partial charge on any atom is -0.353 e. The Morgan fingerprint density at radius 3 is 2.78 bits per heavy atom. The number of nitrogens with zero attached hydrogens (tertiary/aromatic N) is 3. The Labute approximate surface area is 108 Å². The van der Waals surface area contributed by atoms with Crippen molar-refractivity contribution in [2.45, 2.75) is 44.6 Å². The van der Waals surface area contributed by atoms with Crippen molar-refractivity contribution in [1.82, 2.24) is 9.97 Å². The molecule has 0 aromatic carbocycles. The van der Waals surface area contributed by atoms with Crippen LogP contribution in [-0.4, -0.2) is 22.6 Å². The van der Waals surface area contributed by atoms with Gasteiger partial charge in [0.1, 0.15) is 18.0 Å². The van der Waals surface area contributed by atoms with Crippen LogP contribution in [0, 0.1) is 5.92 Å². The molecule has 0 spiro atoms. The number of hydrazine groups is 1. The van der Waals surface area contributed by atoms with Crippen molar-refractivity contribution in [2.75, 3.05) is 16.9 Å². The maximum absolute atomic E-state index is 5.42. The zero-order valence-corrected chi connectivity index (χ0v) is 10.7. The topological polar surface area (TPSA) is 67.1 Å². The predicted molar refractivity (Wildman–Crippen MR) is 72.2 cm³/mol. The fraction of sp³-hybridized carbons (Fsp3) is 0.692. The third-order valence-corrected chi connectivity index (χ3v) is 4.34. The van der Waals surface area contributed by atoms with Crippen LogP contribution in [0.3, 0.4) is 0 Å². The minimum atomic E-state index is 0.674. The molecule has 2 heterocycles. The van der Waals surface area contributed by atoms with Crippen LogP contribution in [0.1, 0.15) is 38.5 Å². The molecule has 3 rings (SSSR count). The van der Waals surface area contributed by atoms with Gasteiger partial charge in [0.2, 0.25) is 0 Å². The van der Waals surface area contributed by atoms with Gasteiger partial charge in [0.05, 0.1) is 0 Å². The summed E-state index contributed by atoms with van der Waals surface area (Å²) in [5.41, 5.74) is 2.60. The summed E-state index contributed by atoms with van der Waals surface area (Å²) >= 11 is 0. The lowest BCUT2D eigenvalue weighted by atomic mass is 9.96. The summed E-state index contributed by atoms with van der Waals surface area (Å²) < 4.78 is 0. The number of hydrogen-bond donors (Lipinski definition) is 2. The van der Waals surface area contributed by atoms with Crippen molar-refractivity contribution in [3.05, 3.63) is 12.4 Å². The van der Waals surface area contributed by atoms with Gasteiger partial charge in [0.15, 0.2) is 0 Å². The molecule has 0 bridgehead atoms. The van der Waals surface area contributed by atoms with E-state index in [-0.39, 0.29) is 0 Å². The predicted octanol–water partition coefficient (Wildman–Crippen LogP) is 1.92. The van der Waals surface area contributed by atoms with Crippen molar-refractivity contribution < 1.29 is 0 Å². The van der Waals surface area contributed by atoms with E-state index >= 15 is 0 Å². The summed E-state index contributed by atoms with van der Waals surface area (Å²) in [5.74, 6) is 7.99. The van der Waals surface area contributed by atoms with Gasteiger partial charge in [-0.3, -0.25) is 0 Å². The molecular weight excluding hydrogens is 226 g/mol. The van der Waals surface area contributed by atoms with Crippen LogP contribution >= 0.6 is 0 Å². The molecule has 0 radical (unpaired) electrons. The Morgan fingerprint density at radius 1 is 1.17 bits per heavy atom. The Bertz CT molecular complexity index is 402. The van der Waals surface area contributed by atoms with Crippen LogP contribution in [0.2, 0.25) is 0 Å². The molecule has 1 aliphatic heterocycles. The lowest BCUT2D eigenvalue weighted by Gasteiger charge is -2.30. The number of nitrogens with two attached hydrogens (primary N) is 1. The summed E-state index contributed by atoms with van der Waals surface area (Å²) in [5, 5.41) is 0. The molecule has 1 atom stereocenters. The van der Waals surface area contributed by atoms with Gasteiger partial charge in [-0.1, -0.05) is 12.8 Å².